The molecule has 0 saturated carbocycles. The van der Waals surface area contributed by atoms with Crippen molar-refractivity contribution in [2.75, 3.05) is 11.9 Å². The largest absolute Gasteiger partial charge is 0.491 e. The maximum Gasteiger partial charge on any atom is 0.142 e. The number of rotatable bonds is 6. The zero-order chi connectivity index (χ0) is 15.2. The molecule has 0 saturated heterocycles. The van der Waals surface area contributed by atoms with Crippen molar-refractivity contribution in [3.63, 3.8) is 0 Å². The van der Waals surface area contributed by atoms with Crippen LogP contribution in [0.2, 0.25) is 5.02 Å². The van der Waals surface area contributed by atoms with Crippen LogP contribution in [0.4, 0.5) is 14.5 Å². The molecule has 1 N–H and O–H groups in total. The summed E-state index contributed by atoms with van der Waals surface area (Å²) >= 11 is 5.97. The van der Waals surface area contributed by atoms with Crippen molar-refractivity contribution < 1.29 is 13.5 Å². The van der Waals surface area contributed by atoms with E-state index in [0.29, 0.717) is 28.6 Å². The van der Waals surface area contributed by atoms with Crippen LogP contribution in [0.1, 0.15) is 18.9 Å². The fourth-order valence-electron chi connectivity index (χ4n) is 1.83. The van der Waals surface area contributed by atoms with E-state index in [2.05, 4.69) is 5.32 Å². The number of ether oxygens (including phenoxy) is 1. The molecular formula is C16H16ClF2NO. The molecule has 0 spiro atoms. The Morgan fingerprint density at radius 1 is 1.14 bits per heavy atom. The molecule has 0 aromatic heterocycles. The molecule has 0 aliphatic carbocycles. The van der Waals surface area contributed by atoms with E-state index in [1.807, 2.05) is 6.92 Å². The summed E-state index contributed by atoms with van der Waals surface area (Å²) in [6.45, 7) is 2.81. The predicted molar refractivity (Wildman–Crippen MR) is 80.9 cm³/mol. The molecule has 0 bridgehead atoms. The average Bonchev–Trinajstić information content (AvgIpc) is 2.45. The van der Waals surface area contributed by atoms with Gasteiger partial charge in [0, 0.05) is 23.2 Å². The Balaban J connectivity index is 2.12. The fraction of sp³-hybridized carbons (Fsp3) is 0.250. The minimum atomic E-state index is -0.592. The first kappa shape index (κ1) is 15.6. The lowest BCUT2D eigenvalue weighted by atomic mass is 10.2. The van der Waals surface area contributed by atoms with Crippen molar-refractivity contribution in [1.82, 2.24) is 0 Å². The van der Waals surface area contributed by atoms with Crippen molar-refractivity contribution in [2.24, 2.45) is 0 Å². The lowest BCUT2D eigenvalue weighted by Gasteiger charge is -2.13. The molecular weight excluding hydrogens is 296 g/mol. The summed E-state index contributed by atoms with van der Waals surface area (Å²) in [5.41, 5.74) is 1.05. The van der Waals surface area contributed by atoms with E-state index in [9.17, 15) is 8.78 Å². The van der Waals surface area contributed by atoms with Crippen LogP contribution in [0.25, 0.3) is 0 Å². The topological polar surface area (TPSA) is 21.3 Å². The van der Waals surface area contributed by atoms with Gasteiger partial charge in [-0.3, -0.25) is 0 Å². The SMILES string of the molecule is CCCOc1ccc(Cl)cc1NCc1ccc(F)cc1F. The normalized spacial score (nSPS) is 10.5. The first-order valence-corrected chi connectivity index (χ1v) is 7.08. The van der Waals surface area contributed by atoms with Crippen molar-refractivity contribution in [3.05, 3.63) is 58.6 Å². The number of halogens is 3. The maximum absolute atomic E-state index is 13.6. The molecule has 2 rings (SSSR count). The van der Waals surface area contributed by atoms with Gasteiger partial charge in [0.15, 0.2) is 0 Å². The van der Waals surface area contributed by atoms with Crippen LogP contribution in [0, 0.1) is 11.6 Å². The zero-order valence-corrected chi connectivity index (χ0v) is 12.4. The summed E-state index contributed by atoms with van der Waals surface area (Å²) in [5, 5.41) is 3.62. The molecule has 0 aliphatic heterocycles. The average molecular weight is 312 g/mol. The first-order valence-electron chi connectivity index (χ1n) is 6.70. The number of hydrogen-bond donors (Lipinski definition) is 1. The summed E-state index contributed by atoms with van der Waals surface area (Å²) in [6, 6.07) is 8.72. The Hall–Kier alpha value is -1.81. The molecule has 2 aromatic carbocycles. The third-order valence-electron chi connectivity index (χ3n) is 2.89. The standard InChI is InChI=1S/C16H16ClF2NO/c1-2-7-21-16-6-4-12(17)8-15(16)20-10-11-3-5-13(18)9-14(11)19/h3-6,8-9,20H,2,7,10H2,1H3. The van der Waals surface area contributed by atoms with E-state index < -0.39 is 11.6 Å². The molecule has 0 fully saturated rings. The van der Waals surface area contributed by atoms with Gasteiger partial charge in [-0.1, -0.05) is 24.6 Å². The van der Waals surface area contributed by atoms with Gasteiger partial charge in [0.1, 0.15) is 17.4 Å². The monoisotopic (exact) mass is 311 g/mol. The van der Waals surface area contributed by atoms with Gasteiger partial charge in [0.05, 0.1) is 12.3 Å². The second-order valence-electron chi connectivity index (χ2n) is 4.58. The third kappa shape index (κ3) is 4.33. The van der Waals surface area contributed by atoms with Gasteiger partial charge in [-0.25, -0.2) is 8.78 Å². The van der Waals surface area contributed by atoms with E-state index in [4.69, 9.17) is 16.3 Å². The van der Waals surface area contributed by atoms with Crippen LogP contribution >= 0.6 is 11.6 Å². The number of benzene rings is 2. The van der Waals surface area contributed by atoms with Crippen molar-refractivity contribution >= 4 is 17.3 Å². The minimum absolute atomic E-state index is 0.217. The smallest absolute Gasteiger partial charge is 0.142 e. The van der Waals surface area contributed by atoms with Gasteiger partial charge in [-0.2, -0.15) is 0 Å². The van der Waals surface area contributed by atoms with E-state index in [1.165, 1.54) is 12.1 Å². The Morgan fingerprint density at radius 3 is 2.67 bits per heavy atom. The minimum Gasteiger partial charge on any atom is -0.491 e. The maximum atomic E-state index is 13.6. The van der Waals surface area contributed by atoms with Crippen LogP contribution in [-0.4, -0.2) is 6.61 Å². The van der Waals surface area contributed by atoms with Gasteiger partial charge in [-0.15, -0.1) is 0 Å². The van der Waals surface area contributed by atoms with Crippen LogP contribution < -0.4 is 10.1 Å². The first-order chi connectivity index (χ1) is 10.1. The molecule has 0 heterocycles. The van der Waals surface area contributed by atoms with E-state index in [1.54, 1.807) is 18.2 Å². The van der Waals surface area contributed by atoms with Crippen LogP contribution in [0.5, 0.6) is 5.75 Å². The summed E-state index contributed by atoms with van der Waals surface area (Å²) < 4.78 is 32.1. The molecule has 0 amide bonds. The molecule has 0 unspecified atom stereocenters. The Bertz CT molecular complexity index is 619. The lowest BCUT2D eigenvalue weighted by molar-refractivity contribution is 0.319. The highest BCUT2D eigenvalue weighted by molar-refractivity contribution is 6.30. The highest BCUT2D eigenvalue weighted by Gasteiger charge is 2.07. The molecule has 112 valence electrons. The molecule has 2 nitrogen and oxygen atoms in total. The van der Waals surface area contributed by atoms with Crippen LogP contribution in [0.15, 0.2) is 36.4 Å². The lowest BCUT2D eigenvalue weighted by Crippen LogP contribution is -2.05. The van der Waals surface area contributed by atoms with Gasteiger partial charge in [0.25, 0.3) is 0 Å². The highest BCUT2D eigenvalue weighted by Crippen LogP contribution is 2.28. The Labute approximate surface area is 127 Å². The second-order valence-corrected chi connectivity index (χ2v) is 5.01. The summed E-state index contributed by atoms with van der Waals surface area (Å²) in [4.78, 5) is 0. The highest BCUT2D eigenvalue weighted by atomic mass is 35.5. The van der Waals surface area contributed by atoms with Crippen molar-refractivity contribution in [2.45, 2.75) is 19.9 Å². The van der Waals surface area contributed by atoms with Crippen molar-refractivity contribution in [1.29, 1.82) is 0 Å². The molecule has 0 radical (unpaired) electrons. The summed E-state index contributed by atoms with van der Waals surface area (Å²) in [5.74, 6) is -0.518. The number of hydrogen-bond acceptors (Lipinski definition) is 2. The number of nitrogens with one attached hydrogen (secondary N) is 1. The Kier molecular flexibility index (Phi) is 5.39. The van der Waals surface area contributed by atoms with E-state index >= 15 is 0 Å². The summed E-state index contributed by atoms with van der Waals surface area (Å²) in [6.07, 6.45) is 0.884. The summed E-state index contributed by atoms with van der Waals surface area (Å²) in [7, 11) is 0. The second kappa shape index (κ2) is 7.27. The third-order valence-corrected chi connectivity index (χ3v) is 3.12. The Morgan fingerprint density at radius 2 is 1.95 bits per heavy atom. The van der Waals surface area contributed by atoms with E-state index in [-0.39, 0.29) is 6.54 Å². The molecule has 0 atom stereocenters. The number of anilines is 1. The van der Waals surface area contributed by atoms with Gasteiger partial charge in [-0.05, 0) is 30.7 Å². The quantitative estimate of drug-likeness (QED) is 0.809. The van der Waals surface area contributed by atoms with Crippen LogP contribution in [0.3, 0.4) is 0 Å². The molecule has 0 aliphatic rings. The molecule has 2 aromatic rings. The van der Waals surface area contributed by atoms with Crippen LogP contribution in [-0.2, 0) is 6.54 Å². The van der Waals surface area contributed by atoms with Crippen molar-refractivity contribution in [3.8, 4) is 5.75 Å². The van der Waals surface area contributed by atoms with Gasteiger partial charge in [0.2, 0.25) is 0 Å². The fourth-order valence-corrected chi connectivity index (χ4v) is 2.01. The zero-order valence-electron chi connectivity index (χ0n) is 11.6. The van der Waals surface area contributed by atoms with E-state index in [0.717, 1.165) is 12.5 Å². The molecule has 21 heavy (non-hydrogen) atoms. The predicted octanol–water partition coefficient (Wildman–Crippen LogP) is 5.02. The van der Waals surface area contributed by atoms with Gasteiger partial charge >= 0.3 is 0 Å². The molecule has 5 heteroatoms. The van der Waals surface area contributed by atoms with Gasteiger partial charge < -0.3 is 10.1 Å².